The number of fused-ring (bicyclic) bond motifs is 1. The molecule has 1 aromatic carbocycles. The number of esters is 2. The molecular formula is C16H14Cl2N2O6. The lowest BCUT2D eigenvalue weighted by atomic mass is 10.2. The average Bonchev–Trinajstić information content (AvgIpc) is 3.15. The SMILES string of the molecule is COC(=O)c1c(COC(=O)C2CCCO2)nc2cc(Cl)c(Cl)cc2[n+]1[O-]. The van der Waals surface area contributed by atoms with Gasteiger partial charge in [-0.25, -0.2) is 14.6 Å². The molecule has 1 aromatic heterocycles. The molecule has 0 saturated carbocycles. The fourth-order valence-electron chi connectivity index (χ4n) is 2.61. The summed E-state index contributed by atoms with van der Waals surface area (Å²) in [6.07, 6.45) is 0.676. The first-order valence-corrected chi connectivity index (χ1v) is 8.45. The Labute approximate surface area is 158 Å². The Morgan fingerprint density at radius 1 is 1.38 bits per heavy atom. The van der Waals surface area contributed by atoms with E-state index in [-0.39, 0.29) is 33.4 Å². The predicted molar refractivity (Wildman–Crippen MR) is 90.8 cm³/mol. The van der Waals surface area contributed by atoms with Gasteiger partial charge >= 0.3 is 17.6 Å². The Morgan fingerprint density at radius 2 is 2.12 bits per heavy atom. The smallest absolute Gasteiger partial charge is 0.406 e. The summed E-state index contributed by atoms with van der Waals surface area (Å²) in [5, 5.41) is 13.0. The Kier molecular flexibility index (Phi) is 5.45. The van der Waals surface area contributed by atoms with E-state index in [1.807, 2.05) is 0 Å². The van der Waals surface area contributed by atoms with Gasteiger partial charge < -0.3 is 19.4 Å². The molecule has 0 N–H and O–H groups in total. The van der Waals surface area contributed by atoms with Crippen LogP contribution in [0.1, 0.15) is 29.0 Å². The zero-order chi connectivity index (χ0) is 18.8. The minimum absolute atomic E-state index is 0.0361. The molecule has 10 heteroatoms. The third-order valence-electron chi connectivity index (χ3n) is 3.89. The first-order chi connectivity index (χ1) is 12.4. The number of hydrogen-bond acceptors (Lipinski definition) is 7. The van der Waals surface area contributed by atoms with E-state index in [0.717, 1.165) is 13.5 Å². The molecule has 0 aliphatic carbocycles. The highest BCUT2D eigenvalue weighted by Crippen LogP contribution is 2.26. The second-order valence-corrected chi connectivity index (χ2v) is 6.37. The molecule has 1 unspecified atom stereocenters. The van der Waals surface area contributed by atoms with Gasteiger partial charge in [-0.3, -0.25) is 0 Å². The van der Waals surface area contributed by atoms with E-state index < -0.39 is 23.7 Å². The highest BCUT2D eigenvalue weighted by Gasteiger charge is 2.30. The molecule has 138 valence electrons. The van der Waals surface area contributed by atoms with Crippen LogP contribution in [-0.2, 0) is 25.6 Å². The van der Waals surface area contributed by atoms with Crippen molar-refractivity contribution in [3.8, 4) is 0 Å². The number of hydrogen-bond donors (Lipinski definition) is 0. The summed E-state index contributed by atoms with van der Waals surface area (Å²) in [7, 11) is 1.13. The van der Waals surface area contributed by atoms with Crippen LogP contribution in [0.5, 0.6) is 0 Å². The van der Waals surface area contributed by atoms with Crippen LogP contribution in [0.2, 0.25) is 10.0 Å². The number of aromatic nitrogens is 2. The van der Waals surface area contributed by atoms with E-state index in [1.54, 1.807) is 0 Å². The molecule has 2 aromatic rings. The van der Waals surface area contributed by atoms with Gasteiger partial charge in [0, 0.05) is 12.7 Å². The predicted octanol–water partition coefficient (Wildman–Crippen LogP) is 2.18. The van der Waals surface area contributed by atoms with Crippen LogP contribution in [0.25, 0.3) is 11.0 Å². The van der Waals surface area contributed by atoms with Crippen molar-refractivity contribution >= 4 is 46.2 Å². The van der Waals surface area contributed by atoms with Crippen molar-refractivity contribution in [2.45, 2.75) is 25.6 Å². The van der Waals surface area contributed by atoms with Crippen molar-refractivity contribution in [1.82, 2.24) is 4.98 Å². The lowest BCUT2D eigenvalue weighted by molar-refractivity contribution is -0.581. The minimum atomic E-state index is -0.913. The van der Waals surface area contributed by atoms with Crippen molar-refractivity contribution in [3.63, 3.8) is 0 Å². The average molecular weight is 401 g/mol. The number of halogens is 2. The van der Waals surface area contributed by atoms with Crippen LogP contribution < -0.4 is 4.73 Å². The monoisotopic (exact) mass is 400 g/mol. The van der Waals surface area contributed by atoms with Crippen LogP contribution in [0.15, 0.2) is 12.1 Å². The summed E-state index contributed by atoms with van der Waals surface area (Å²) >= 11 is 11.9. The number of benzene rings is 1. The third-order valence-corrected chi connectivity index (χ3v) is 4.61. The largest absolute Gasteiger partial charge is 0.618 e. The van der Waals surface area contributed by atoms with Gasteiger partial charge in [0.05, 0.1) is 17.2 Å². The zero-order valence-corrected chi connectivity index (χ0v) is 15.2. The molecule has 2 heterocycles. The molecule has 0 radical (unpaired) electrons. The van der Waals surface area contributed by atoms with Gasteiger partial charge in [0.2, 0.25) is 5.52 Å². The van der Waals surface area contributed by atoms with Gasteiger partial charge in [-0.05, 0) is 18.9 Å². The summed E-state index contributed by atoms with van der Waals surface area (Å²) in [6.45, 7) is 0.1000. The lowest BCUT2D eigenvalue weighted by Crippen LogP contribution is -2.39. The van der Waals surface area contributed by atoms with Gasteiger partial charge in [0.1, 0.15) is 12.1 Å². The fraction of sp³-hybridized carbons (Fsp3) is 0.375. The van der Waals surface area contributed by atoms with E-state index in [2.05, 4.69) is 9.72 Å². The van der Waals surface area contributed by atoms with Gasteiger partial charge in [0.25, 0.3) is 0 Å². The minimum Gasteiger partial charge on any atom is -0.618 e. The number of carbonyl (C=O) groups is 2. The second kappa shape index (κ2) is 7.61. The summed E-state index contributed by atoms with van der Waals surface area (Å²) in [6, 6.07) is 2.69. The first kappa shape index (κ1) is 18.6. The zero-order valence-electron chi connectivity index (χ0n) is 13.7. The Morgan fingerprint density at radius 3 is 2.77 bits per heavy atom. The standard InChI is InChI=1S/C16H14Cl2N2O6/c1-24-16(22)14-11(7-26-15(21)13-3-2-4-25-13)19-10-5-8(17)9(18)6-12(10)20(14)23/h5-6,13H,2-4,7H2,1H3. The summed E-state index contributed by atoms with van der Waals surface area (Å²) in [4.78, 5) is 28.3. The Balaban J connectivity index is 2.00. The number of nitrogens with zero attached hydrogens (tertiary/aromatic N) is 2. The van der Waals surface area contributed by atoms with Crippen molar-refractivity contribution in [1.29, 1.82) is 0 Å². The molecule has 1 aliphatic rings. The summed E-state index contributed by atoms with van der Waals surface area (Å²) in [5.74, 6) is -1.49. The molecule has 1 saturated heterocycles. The highest BCUT2D eigenvalue weighted by atomic mass is 35.5. The number of carbonyl (C=O) groups excluding carboxylic acids is 2. The molecule has 0 spiro atoms. The molecule has 0 amide bonds. The number of rotatable bonds is 4. The molecule has 1 atom stereocenters. The first-order valence-electron chi connectivity index (χ1n) is 7.70. The molecule has 3 rings (SSSR count). The van der Waals surface area contributed by atoms with Gasteiger partial charge in [0.15, 0.2) is 11.8 Å². The molecule has 8 nitrogen and oxygen atoms in total. The maximum absolute atomic E-state index is 12.6. The highest BCUT2D eigenvalue weighted by molar-refractivity contribution is 6.42. The van der Waals surface area contributed by atoms with Crippen LogP contribution in [0.3, 0.4) is 0 Å². The van der Waals surface area contributed by atoms with Crippen LogP contribution >= 0.6 is 23.2 Å². The quantitative estimate of drug-likeness (QED) is 0.440. The molecule has 26 heavy (non-hydrogen) atoms. The Hall–Kier alpha value is -2.16. The molecule has 0 bridgehead atoms. The van der Waals surface area contributed by atoms with Crippen molar-refractivity contribution in [2.75, 3.05) is 13.7 Å². The van der Waals surface area contributed by atoms with Crippen molar-refractivity contribution in [2.24, 2.45) is 0 Å². The molecule has 1 fully saturated rings. The van der Waals surface area contributed by atoms with Crippen molar-refractivity contribution in [3.05, 3.63) is 38.8 Å². The summed E-state index contributed by atoms with van der Waals surface area (Å²) < 4.78 is 15.4. The van der Waals surface area contributed by atoms with E-state index in [0.29, 0.717) is 17.8 Å². The van der Waals surface area contributed by atoms with Crippen LogP contribution in [0.4, 0.5) is 0 Å². The second-order valence-electron chi connectivity index (χ2n) is 5.56. The van der Waals surface area contributed by atoms with Crippen LogP contribution in [-0.4, -0.2) is 36.7 Å². The van der Waals surface area contributed by atoms with Gasteiger partial charge in [-0.1, -0.05) is 23.2 Å². The third kappa shape index (κ3) is 3.53. The lowest BCUT2D eigenvalue weighted by Gasteiger charge is -2.13. The fourth-order valence-corrected chi connectivity index (χ4v) is 2.92. The van der Waals surface area contributed by atoms with Crippen LogP contribution in [0, 0.1) is 5.21 Å². The number of ether oxygens (including phenoxy) is 3. The normalized spacial score (nSPS) is 16.7. The van der Waals surface area contributed by atoms with E-state index >= 15 is 0 Å². The van der Waals surface area contributed by atoms with Crippen molar-refractivity contribution < 1.29 is 28.5 Å². The van der Waals surface area contributed by atoms with Gasteiger partial charge in [-0.2, -0.15) is 4.73 Å². The maximum atomic E-state index is 12.6. The summed E-state index contributed by atoms with van der Waals surface area (Å²) in [5.41, 5.74) is -0.207. The van der Waals surface area contributed by atoms with Gasteiger partial charge in [-0.15, -0.1) is 0 Å². The maximum Gasteiger partial charge on any atom is 0.406 e. The molecular weight excluding hydrogens is 387 g/mol. The van der Waals surface area contributed by atoms with E-state index in [4.69, 9.17) is 32.7 Å². The number of methoxy groups -OCH3 is 1. The van der Waals surface area contributed by atoms with E-state index in [1.165, 1.54) is 12.1 Å². The molecule has 1 aliphatic heterocycles. The Bertz CT molecular complexity index is 883. The topological polar surface area (TPSA) is 102 Å². The van der Waals surface area contributed by atoms with E-state index in [9.17, 15) is 14.8 Å².